The summed E-state index contributed by atoms with van der Waals surface area (Å²) in [4.78, 5) is 11.8. The van der Waals surface area contributed by atoms with Crippen LogP contribution in [-0.4, -0.2) is 22.3 Å². The van der Waals surface area contributed by atoms with E-state index >= 15 is 0 Å². The molecule has 112 valence electrons. The molecule has 2 rings (SSSR count). The number of ether oxygens (including phenoxy) is 1. The molecule has 0 aliphatic rings. The van der Waals surface area contributed by atoms with Gasteiger partial charge >= 0.3 is 0 Å². The van der Waals surface area contributed by atoms with Crippen molar-refractivity contribution in [3.63, 3.8) is 0 Å². The van der Waals surface area contributed by atoms with Crippen molar-refractivity contribution in [2.45, 2.75) is 26.4 Å². The van der Waals surface area contributed by atoms with Gasteiger partial charge in [0.15, 0.2) is 12.4 Å². The van der Waals surface area contributed by atoms with Gasteiger partial charge in [-0.2, -0.15) is 5.10 Å². The quantitative estimate of drug-likeness (QED) is 0.851. The third kappa shape index (κ3) is 4.32. The van der Waals surface area contributed by atoms with Gasteiger partial charge < -0.3 is 15.8 Å². The Morgan fingerprint density at radius 3 is 2.67 bits per heavy atom. The topological polar surface area (TPSA) is 82.2 Å². The van der Waals surface area contributed by atoms with Gasteiger partial charge in [-0.05, 0) is 31.5 Å². The van der Waals surface area contributed by atoms with Gasteiger partial charge in [0, 0.05) is 18.3 Å². The van der Waals surface area contributed by atoms with Crippen molar-refractivity contribution in [3.8, 4) is 5.75 Å². The molecular formula is C15H20N4O2. The summed E-state index contributed by atoms with van der Waals surface area (Å²) in [5.41, 5.74) is 7.26. The molecule has 0 fully saturated rings. The molecule has 0 spiro atoms. The largest absolute Gasteiger partial charge is 0.480 e. The number of nitrogens with zero attached hydrogens (tertiary/aromatic N) is 2. The number of nitrogens with two attached hydrogens (primary N) is 1. The zero-order chi connectivity index (χ0) is 15.2. The van der Waals surface area contributed by atoms with E-state index < -0.39 is 0 Å². The molecule has 1 heterocycles. The summed E-state index contributed by atoms with van der Waals surface area (Å²) in [5.74, 6) is 0.366. The number of hydrogen-bond donors (Lipinski definition) is 2. The normalized spacial score (nSPS) is 10.7. The van der Waals surface area contributed by atoms with Crippen LogP contribution in [0.5, 0.6) is 5.75 Å². The van der Waals surface area contributed by atoms with E-state index in [0.29, 0.717) is 12.3 Å². The number of nitrogens with one attached hydrogen (secondary N) is 1. The van der Waals surface area contributed by atoms with Gasteiger partial charge in [-0.1, -0.05) is 12.1 Å². The van der Waals surface area contributed by atoms with Crippen LogP contribution in [0.2, 0.25) is 0 Å². The van der Waals surface area contributed by atoms with Crippen molar-refractivity contribution >= 4 is 11.6 Å². The Hall–Kier alpha value is -2.34. The third-order valence-corrected chi connectivity index (χ3v) is 2.95. The zero-order valence-corrected chi connectivity index (χ0v) is 12.2. The van der Waals surface area contributed by atoms with Crippen LogP contribution in [0.15, 0.2) is 36.7 Å². The van der Waals surface area contributed by atoms with Crippen molar-refractivity contribution in [1.29, 1.82) is 0 Å². The first-order valence-corrected chi connectivity index (χ1v) is 6.84. The first-order valence-electron chi connectivity index (χ1n) is 6.84. The first-order chi connectivity index (χ1) is 10.1. The maximum Gasteiger partial charge on any atom is 0.262 e. The summed E-state index contributed by atoms with van der Waals surface area (Å²) in [6, 6.07) is 7.65. The minimum atomic E-state index is -0.215. The second-order valence-corrected chi connectivity index (χ2v) is 4.99. The summed E-state index contributed by atoms with van der Waals surface area (Å²) >= 11 is 0. The van der Waals surface area contributed by atoms with Crippen LogP contribution in [0.25, 0.3) is 0 Å². The van der Waals surface area contributed by atoms with Crippen LogP contribution < -0.4 is 15.8 Å². The van der Waals surface area contributed by atoms with Gasteiger partial charge in [-0.25, -0.2) is 0 Å². The highest BCUT2D eigenvalue weighted by atomic mass is 16.5. The Kier molecular flexibility index (Phi) is 4.94. The Balaban J connectivity index is 1.83. The van der Waals surface area contributed by atoms with Crippen LogP contribution in [0.3, 0.4) is 0 Å². The van der Waals surface area contributed by atoms with Crippen molar-refractivity contribution in [1.82, 2.24) is 9.78 Å². The summed E-state index contributed by atoms with van der Waals surface area (Å²) in [5, 5.41) is 6.91. The number of benzene rings is 1. The van der Waals surface area contributed by atoms with Crippen LogP contribution in [-0.2, 0) is 11.3 Å². The molecule has 1 aromatic heterocycles. The SMILES string of the molecule is CC(C)n1cc(OCC(=O)Nc2ccc(CN)cc2)cn1. The predicted molar refractivity (Wildman–Crippen MR) is 81.1 cm³/mol. The van der Waals surface area contributed by atoms with E-state index in [1.54, 1.807) is 17.1 Å². The highest BCUT2D eigenvalue weighted by Crippen LogP contribution is 2.13. The third-order valence-electron chi connectivity index (χ3n) is 2.95. The average molecular weight is 288 g/mol. The Bertz CT molecular complexity index is 590. The van der Waals surface area contributed by atoms with Gasteiger partial charge in [0.1, 0.15) is 0 Å². The number of amides is 1. The van der Waals surface area contributed by atoms with Gasteiger partial charge in [0.25, 0.3) is 5.91 Å². The van der Waals surface area contributed by atoms with Crippen LogP contribution in [0.4, 0.5) is 5.69 Å². The van der Waals surface area contributed by atoms with E-state index in [4.69, 9.17) is 10.5 Å². The lowest BCUT2D eigenvalue weighted by molar-refractivity contribution is -0.118. The molecule has 1 amide bonds. The summed E-state index contributed by atoms with van der Waals surface area (Å²) in [6.45, 7) is 4.47. The van der Waals surface area contributed by atoms with E-state index in [9.17, 15) is 4.79 Å². The van der Waals surface area contributed by atoms with Crippen LogP contribution >= 0.6 is 0 Å². The number of hydrogen-bond acceptors (Lipinski definition) is 4. The predicted octanol–water partition coefficient (Wildman–Crippen LogP) is 1.94. The van der Waals surface area contributed by atoms with Crippen molar-refractivity contribution in [2.24, 2.45) is 5.73 Å². The minimum absolute atomic E-state index is 0.0531. The minimum Gasteiger partial charge on any atom is -0.480 e. The highest BCUT2D eigenvalue weighted by molar-refractivity contribution is 5.91. The second kappa shape index (κ2) is 6.90. The standard InChI is InChI=1S/C15H20N4O2/c1-11(2)19-9-14(8-17-19)21-10-15(20)18-13-5-3-12(7-16)4-6-13/h3-6,8-9,11H,7,10,16H2,1-2H3,(H,18,20). The molecule has 2 aromatic rings. The molecule has 1 aromatic carbocycles. The summed E-state index contributed by atoms with van der Waals surface area (Å²) in [7, 11) is 0. The van der Waals surface area contributed by atoms with Crippen molar-refractivity contribution in [3.05, 3.63) is 42.2 Å². The molecular weight excluding hydrogens is 268 g/mol. The lowest BCUT2D eigenvalue weighted by Crippen LogP contribution is -2.20. The maximum atomic E-state index is 11.8. The summed E-state index contributed by atoms with van der Waals surface area (Å²) in [6.07, 6.45) is 3.37. The molecule has 0 radical (unpaired) electrons. The molecule has 0 bridgehead atoms. The van der Waals surface area contributed by atoms with E-state index in [2.05, 4.69) is 10.4 Å². The average Bonchev–Trinajstić information content (AvgIpc) is 2.95. The fraction of sp³-hybridized carbons (Fsp3) is 0.333. The number of aromatic nitrogens is 2. The Morgan fingerprint density at radius 2 is 2.10 bits per heavy atom. The molecule has 0 aliphatic heterocycles. The lowest BCUT2D eigenvalue weighted by atomic mass is 10.2. The Morgan fingerprint density at radius 1 is 1.38 bits per heavy atom. The van der Waals surface area contributed by atoms with E-state index in [1.165, 1.54) is 0 Å². The smallest absolute Gasteiger partial charge is 0.262 e. The van der Waals surface area contributed by atoms with E-state index in [1.807, 2.05) is 38.1 Å². The van der Waals surface area contributed by atoms with Gasteiger partial charge in [-0.3, -0.25) is 9.48 Å². The monoisotopic (exact) mass is 288 g/mol. The molecule has 3 N–H and O–H groups in total. The second-order valence-electron chi connectivity index (χ2n) is 4.99. The van der Waals surface area contributed by atoms with E-state index in [0.717, 1.165) is 11.3 Å². The molecule has 0 unspecified atom stereocenters. The number of carbonyl (C=O) groups is 1. The molecule has 0 saturated heterocycles. The summed E-state index contributed by atoms with van der Waals surface area (Å²) < 4.78 is 7.18. The van der Waals surface area contributed by atoms with Crippen LogP contribution in [0.1, 0.15) is 25.5 Å². The number of rotatable bonds is 6. The highest BCUT2D eigenvalue weighted by Gasteiger charge is 2.06. The fourth-order valence-corrected chi connectivity index (χ4v) is 1.75. The van der Waals surface area contributed by atoms with Crippen LogP contribution in [0, 0.1) is 0 Å². The molecule has 6 nitrogen and oxygen atoms in total. The first kappa shape index (κ1) is 15.1. The molecule has 0 aliphatic carbocycles. The number of carbonyl (C=O) groups excluding carboxylic acids is 1. The van der Waals surface area contributed by atoms with E-state index in [-0.39, 0.29) is 18.6 Å². The van der Waals surface area contributed by atoms with Gasteiger partial charge in [-0.15, -0.1) is 0 Å². The molecule has 21 heavy (non-hydrogen) atoms. The fourth-order valence-electron chi connectivity index (χ4n) is 1.75. The lowest BCUT2D eigenvalue weighted by Gasteiger charge is -2.07. The Labute approximate surface area is 123 Å². The van der Waals surface area contributed by atoms with Gasteiger partial charge in [0.2, 0.25) is 0 Å². The molecule has 6 heteroatoms. The van der Waals surface area contributed by atoms with Crippen molar-refractivity contribution < 1.29 is 9.53 Å². The maximum absolute atomic E-state index is 11.8. The zero-order valence-electron chi connectivity index (χ0n) is 12.2. The molecule has 0 saturated carbocycles. The number of anilines is 1. The van der Waals surface area contributed by atoms with Crippen molar-refractivity contribution in [2.75, 3.05) is 11.9 Å². The molecule has 0 atom stereocenters. The van der Waals surface area contributed by atoms with Gasteiger partial charge in [0.05, 0.1) is 12.4 Å².